The lowest BCUT2D eigenvalue weighted by atomic mass is 10.4. The minimum Gasteiger partial charge on any atom is -0.327 e. The monoisotopic (exact) mass is 99.1 g/mol. The van der Waals surface area contributed by atoms with E-state index in [2.05, 4.69) is 0 Å². The van der Waals surface area contributed by atoms with Crippen LogP contribution in [0.2, 0.25) is 0 Å². The number of carbonyl (C=O) groups is 1. The Kier molecular flexibility index (Phi) is 3.24. The van der Waals surface area contributed by atoms with E-state index in [1.807, 2.05) is 0 Å². The number of carbonyl (C=O) groups excluding carboxylic acids is 1. The summed E-state index contributed by atoms with van der Waals surface area (Å²) in [5.41, 5.74) is 5.04. The van der Waals surface area contributed by atoms with Crippen molar-refractivity contribution in [3.63, 3.8) is 0 Å². The molecule has 2 N–H and O–H groups in total. The summed E-state index contributed by atoms with van der Waals surface area (Å²) in [6.07, 6.45) is 3.09. The lowest BCUT2D eigenvalue weighted by molar-refractivity contribution is -0.112. The molecule has 0 rings (SSSR count). The number of ketones is 1. The molecule has 0 saturated heterocycles. The molecule has 0 aliphatic carbocycles. The van der Waals surface area contributed by atoms with E-state index in [4.69, 9.17) is 5.73 Å². The maximum atomic E-state index is 10.1. The topological polar surface area (TPSA) is 43.1 Å². The predicted molar refractivity (Wildman–Crippen MR) is 28.9 cm³/mol. The van der Waals surface area contributed by atoms with Crippen molar-refractivity contribution in [3.8, 4) is 0 Å². The van der Waals surface area contributed by atoms with Crippen molar-refractivity contribution < 1.29 is 4.79 Å². The fourth-order valence-electron chi connectivity index (χ4n) is 0.234. The maximum Gasteiger partial charge on any atom is 0.152 e. The average molecular weight is 99.1 g/mol. The molecule has 0 aliphatic rings. The average Bonchev–Trinajstić information content (AvgIpc) is 1.61. The molecule has 0 unspecified atom stereocenters. The van der Waals surface area contributed by atoms with Crippen LogP contribution < -0.4 is 5.73 Å². The van der Waals surface area contributed by atoms with Gasteiger partial charge >= 0.3 is 0 Å². The molecular weight excluding hydrogens is 90.1 g/mol. The Hall–Kier alpha value is -0.630. The Labute approximate surface area is 43.0 Å². The van der Waals surface area contributed by atoms with Crippen LogP contribution in [0.4, 0.5) is 0 Å². The largest absolute Gasteiger partial charge is 0.327 e. The van der Waals surface area contributed by atoms with Crippen LogP contribution >= 0.6 is 0 Å². The fourth-order valence-corrected chi connectivity index (χ4v) is 0.234. The molecule has 0 bridgehead atoms. The van der Waals surface area contributed by atoms with Gasteiger partial charge in [-0.05, 0) is 13.0 Å². The van der Waals surface area contributed by atoms with Crippen LogP contribution in [0.25, 0.3) is 0 Å². The first-order valence-electron chi connectivity index (χ1n) is 2.14. The van der Waals surface area contributed by atoms with Crippen LogP contribution in [-0.4, -0.2) is 12.3 Å². The van der Waals surface area contributed by atoms with Crippen molar-refractivity contribution in [1.29, 1.82) is 0 Å². The van der Waals surface area contributed by atoms with Crippen molar-refractivity contribution in [2.45, 2.75) is 6.92 Å². The molecule has 0 aromatic heterocycles. The van der Waals surface area contributed by atoms with E-state index in [1.165, 1.54) is 13.0 Å². The molecule has 7 heavy (non-hydrogen) atoms. The Morgan fingerprint density at radius 2 is 2.43 bits per heavy atom. The summed E-state index contributed by atoms with van der Waals surface area (Å²) in [4.78, 5) is 10.1. The van der Waals surface area contributed by atoms with Crippen LogP contribution in [0.3, 0.4) is 0 Å². The van der Waals surface area contributed by atoms with Gasteiger partial charge in [-0.1, -0.05) is 6.08 Å². The summed E-state index contributed by atoms with van der Waals surface area (Å²) in [5.74, 6) is 0.0467. The predicted octanol–water partition coefficient (Wildman–Crippen LogP) is 0.0903. The van der Waals surface area contributed by atoms with Gasteiger partial charge in [-0.15, -0.1) is 0 Å². The van der Waals surface area contributed by atoms with Gasteiger partial charge in [-0.25, -0.2) is 0 Å². The molecule has 0 saturated carbocycles. The van der Waals surface area contributed by atoms with Crippen molar-refractivity contribution >= 4 is 5.78 Å². The molecule has 2 nitrogen and oxygen atoms in total. The molecule has 0 fully saturated rings. The molecule has 2 heteroatoms. The number of hydrogen-bond donors (Lipinski definition) is 1. The maximum absolute atomic E-state index is 10.1. The Balaban J connectivity index is 3.26. The Bertz CT molecular complexity index is 86.1. The molecule has 0 heterocycles. The van der Waals surface area contributed by atoms with Gasteiger partial charge in [0.25, 0.3) is 0 Å². The van der Waals surface area contributed by atoms with Crippen molar-refractivity contribution in [1.82, 2.24) is 0 Å². The Morgan fingerprint density at radius 3 is 2.57 bits per heavy atom. The molecule has 0 atom stereocenters. The number of allylic oxidation sites excluding steroid dienone is 1. The van der Waals surface area contributed by atoms with Gasteiger partial charge in [0.1, 0.15) is 0 Å². The third-order valence-corrected chi connectivity index (χ3v) is 0.489. The van der Waals surface area contributed by atoms with Gasteiger partial charge in [-0.3, -0.25) is 4.79 Å². The van der Waals surface area contributed by atoms with E-state index in [0.717, 1.165) is 0 Å². The van der Waals surface area contributed by atoms with Gasteiger partial charge in [-0.2, -0.15) is 0 Å². The van der Waals surface area contributed by atoms with Crippen LogP contribution in [-0.2, 0) is 4.79 Å². The van der Waals surface area contributed by atoms with Gasteiger partial charge in [0.2, 0.25) is 0 Å². The lowest BCUT2D eigenvalue weighted by Gasteiger charge is -1.74. The van der Waals surface area contributed by atoms with E-state index in [1.54, 1.807) is 6.08 Å². The van der Waals surface area contributed by atoms with Crippen LogP contribution in [0.1, 0.15) is 6.92 Å². The lowest BCUT2D eigenvalue weighted by Crippen LogP contribution is -1.93. The second kappa shape index (κ2) is 3.56. The number of nitrogens with two attached hydrogens (primary N) is 1. The molecule has 0 radical (unpaired) electrons. The highest BCUT2D eigenvalue weighted by atomic mass is 16.1. The van der Waals surface area contributed by atoms with Crippen LogP contribution in [0.5, 0.6) is 0 Å². The first-order chi connectivity index (χ1) is 3.27. The summed E-state index contributed by atoms with van der Waals surface area (Å²) in [6, 6.07) is 0. The molecule has 0 aromatic carbocycles. The SMILES string of the molecule is CC(=O)C=CCN. The molecule has 0 aromatic rings. The van der Waals surface area contributed by atoms with Crippen LogP contribution in [0, 0.1) is 0 Å². The first kappa shape index (κ1) is 6.37. The third kappa shape index (κ3) is 5.37. The van der Waals surface area contributed by atoms with E-state index in [9.17, 15) is 4.79 Å². The minimum atomic E-state index is 0.0467. The standard InChI is InChI=1S/C5H9NO/c1-5(7)3-2-4-6/h2-3H,4,6H2,1H3. The summed E-state index contributed by atoms with van der Waals surface area (Å²) in [7, 11) is 0. The summed E-state index contributed by atoms with van der Waals surface area (Å²) in [5, 5.41) is 0. The van der Waals surface area contributed by atoms with Gasteiger partial charge < -0.3 is 5.73 Å². The Morgan fingerprint density at radius 1 is 1.86 bits per heavy atom. The quantitative estimate of drug-likeness (QED) is 0.498. The van der Waals surface area contributed by atoms with Crippen LogP contribution in [0.15, 0.2) is 12.2 Å². The highest BCUT2D eigenvalue weighted by molar-refractivity contribution is 5.87. The second-order valence-corrected chi connectivity index (χ2v) is 1.25. The highest BCUT2D eigenvalue weighted by Crippen LogP contribution is 1.69. The zero-order valence-corrected chi connectivity index (χ0v) is 4.35. The van der Waals surface area contributed by atoms with E-state index in [0.29, 0.717) is 6.54 Å². The van der Waals surface area contributed by atoms with E-state index >= 15 is 0 Å². The van der Waals surface area contributed by atoms with E-state index < -0.39 is 0 Å². The van der Waals surface area contributed by atoms with Gasteiger partial charge in [0, 0.05) is 6.54 Å². The van der Waals surface area contributed by atoms with Crippen molar-refractivity contribution in [2.75, 3.05) is 6.54 Å². The zero-order chi connectivity index (χ0) is 5.70. The molecule has 0 amide bonds. The summed E-state index contributed by atoms with van der Waals surface area (Å²) < 4.78 is 0. The smallest absolute Gasteiger partial charge is 0.152 e. The molecular formula is C5H9NO. The highest BCUT2D eigenvalue weighted by Gasteiger charge is 1.75. The second-order valence-electron chi connectivity index (χ2n) is 1.25. The third-order valence-electron chi connectivity index (χ3n) is 0.489. The van der Waals surface area contributed by atoms with Crippen molar-refractivity contribution in [3.05, 3.63) is 12.2 Å². The first-order valence-corrected chi connectivity index (χ1v) is 2.14. The van der Waals surface area contributed by atoms with Gasteiger partial charge in [0.05, 0.1) is 0 Å². The van der Waals surface area contributed by atoms with Gasteiger partial charge in [0.15, 0.2) is 5.78 Å². The zero-order valence-electron chi connectivity index (χ0n) is 4.35. The summed E-state index contributed by atoms with van der Waals surface area (Å²) >= 11 is 0. The number of hydrogen-bond acceptors (Lipinski definition) is 2. The fraction of sp³-hybridized carbons (Fsp3) is 0.400. The minimum absolute atomic E-state index is 0.0467. The normalized spacial score (nSPS) is 10.0. The number of rotatable bonds is 2. The summed E-state index contributed by atoms with van der Waals surface area (Å²) in [6.45, 7) is 1.94. The molecule has 0 aliphatic heterocycles. The van der Waals surface area contributed by atoms with E-state index in [-0.39, 0.29) is 5.78 Å². The van der Waals surface area contributed by atoms with Crippen molar-refractivity contribution in [2.24, 2.45) is 5.73 Å². The molecule has 40 valence electrons. The molecule has 0 spiro atoms.